The van der Waals surface area contributed by atoms with E-state index in [0.29, 0.717) is 12.1 Å². The van der Waals surface area contributed by atoms with Crippen molar-refractivity contribution in [1.82, 2.24) is 0 Å². The zero-order valence-electron chi connectivity index (χ0n) is 9.63. The first-order valence-electron chi connectivity index (χ1n) is 5.10. The lowest BCUT2D eigenvalue weighted by Gasteiger charge is -2.12. The van der Waals surface area contributed by atoms with E-state index in [1.54, 1.807) is 19.9 Å². The van der Waals surface area contributed by atoms with Crippen LogP contribution in [0.2, 0.25) is 0 Å². The molecule has 0 spiro atoms. The van der Waals surface area contributed by atoms with Crippen molar-refractivity contribution < 1.29 is 14.7 Å². The first-order chi connectivity index (χ1) is 7.45. The second-order valence-corrected chi connectivity index (χ2v) is 3.71. The predicted octanol–water partition coefficient (Wildman–Crippen LogP) is 2.35. The van der Waals surface area contributed by atoms with Gasteiger partial charge in [0.05, 0.1) is 11.3 Å². The molecule has 0 bridgehead atoms. The molecular formula is C12H15NO3. The Morgan fingerprint density at radius 1 is 1.31 bits per heavy atom. The van der Waals surface area contributed by atoms with E-state index in [4.69, 9.17) is 5.11 Å². The normalized spacial score (nSPS) is 9.94. The molecule has 1 amide bonds. The zero-order valence-corrected chi connectivity index (χ0v) is 9.63. The SMILES string of the molecule is CCC(=O)Nc1c(C)cc(C)cc1C(=O)O. The van der Waals surface area contributed by atoms with Crippen LogP contribution in [0, 0.1) is 13.8 Å². The van der Waals surface area contributed by atoms with Gasteiger partial charge in [0.25, 0.3) is 0 Å². The van der Waals surface area contributed by atoms with E-state index < -0.39 is 5.97 Å². The van der Waals surface area contributed by atoms with Crippen molar-refractivity contribution in [2.75, 3.05) is 5.32 Å². The van der Waals surface area contributed by atoms with Gasteiger partial charge in [-0.15, -0.1) is 0 Å². The van der Waals surface area contributed by atoms with Crippen LogP contribution in [0.15, 0.2) is 12.1 Å². The number of carbonyl (C=O) groups excluding carboxylic acids is 1. The third-order valence-corrected chi connectivity index (χ3v) is 2.30. The summed E-state index contributed by atoms with van der Waals surface area (Å²) in [6, 6.07) is 3.40. The molecule has 0 aromatic heterocycles. The lowest BCUT2D eigenvalue weighted by molar-refractivity contribution is -0.115. The van der Waals surface area contributed by atoms with Crippen LogP contribution < -0.4 is 5.32 Å². The number of aryl methyl sites for hydroxylation is 2. The molecule has 0 aliphatic rings. The summed E-state index contributed by atoms with van der Waals surface area (Å²) in [5.74, 6) is -1.22. The molecule has 0 aliphatic carbocycles. The summed E-state index contributed by atoms with van der Waals surface area (Å²) >= 11 is 0. The Morgan fingerprint density at radius 2 is 1.94 bits per heavy atom. The molecular weight excluding hydrogens is 206 g/mol. The topological polar surface area (TPSA) is 66.4 Å². The van der Waals surface area contributed by atoms with Crippen LogP contribution in [0.1, 0.15) is 34.8 Å². The minimum atomic E-state index is -1.03. The van der Waals surface area contributed by atoms with Crippen LogP contribution in [0.4, 0.5) is 5.69 Å². The van der Waals surface area contributed by atoms with E-state index in [1.807, 2.05) is 13.0 Å². The second kappa shape index (κ2) is 4.79. The molecule has 1 aromatic rings. The van der Waals surface area contributed by atoms with Gasteiger partial charge < -0.3 is 10.4 Å². The summed E-state index contributed by atoms with van der Waals surface area (Å²) in [6.45, 7) is 5.33. The molecule has 0 radical (unpaired) electrons. The highest BCUT2D eigenvalue weighted by Crippen LogP contribution is 2.23. The van der Waals surface area contributed by atoms with Gasteiger partial charge >= 0.3 is 5.97 Å². The molecule has 2 N–H and O–H groups in total. The van der Waals surface area contributed by atoms with E-state index in [0.717, 1.165) is 11.1 Å². The summed E-state index contributed by atoms with van der Waals surface area (Å²) in [5, 5.41) is 11.7. The van der Waals surface area contributed by atoms with E-state index >= 15 is 0 Å². The van der Waals surface area contributed by atoms with Crippen molar-refractivity contribution in [1.29, 1.82) is 0 Å². The molecule has 0 heterocycles. The molecule has 0 aliphatic heterocycles. The fraction of sp³-hybridized carbons (Fsp3) is 0.333. The lowest BCUT2D eigenvalue weighted by Crippen LogP contribution is -2.14. The molecule has 0 saturated carbocycles. The first-order valence-corrected chi connectivity index (χ1v) is 5.10. The zero-order chi connectivity index (χ0) is 12.3. The number of carboxylic acids is 1. The number of hydrogen-bond acceptors (Lipinski definition) is 2. The lowest BCUT2D eigenvalue weighted by atomic mass is 10.0. The molecule has 0 saturated heterocycles. The molecule has 1 rings (SSSR count). The summed E-state index contributed by atoms with van der Waals surface area (Å²) in [4.78, 5) is 22.3. The van der Waals surface area contributed by atoms with E-state index in [1.165, 1.54) is 0 Å². The number of carboxylic acid groups (broad SMARTS) is 1. The van der Waals surface area contributed by atoms with Crippen molar-refractivity contribution in [2.45, 2.75) is 27.2 Å². The molecule has 86 valence electrons. The molecule has 0 unspecified atom stereocenters. The Morgan fingerprint density at radius 3 is 2.44 bits per heavy atom. The third-order valence-electron chi connectivity index (χ3n) is 2.30. The fourth-order valence-electron chi connectivity index (χ4n) is 1.53. The van der Waals surface area contributed by atoms with Crippen molar-refractivity contribution in [3.63, 3.8) is 0 Å². The number of carbonyl (C=O) groups is 2. The first kappa shape index (κ1) is 12.2. The van der Waals surface area contributed by atoms with Crippen LogP contribution in [0.5, 0.6) is 0 Å². The van der Waals surface area contributed by atoms with Gasteiger partial charge in [0.1, 0.15) is 0 Å². The van der Waals surface area contributed by atoms with Gasteiger partial charge in [-0.2, -0.15) is 0 Å². The van der Waals surface area contributed by atoms with Crippen LogP contribution in [-0.2, 0) is 4.79 Å². The van der Waals surface area contributed by atoms with Crippen LogP contribution >= 0.6 is 0 Å². The van der Waals surface area contributed by atoms with Crippen molar-refractivity contribution in [3.05, 3.63) is 28.8 Å². The molecule has 1 aromatic carbocycles. The molecule has 0 atom stereocenters. The highest BCUT2D eigenvalue weighted by atomic mass is 16.4. The Hall–Kier alpha value is -1.84. The number of nitrogens with one attached hydrogen (secondary N) is 1. The highest BCUT2D eigenvalue weighted by molar-refractivity contribution is 6.01. The number of benzene rings is 1. The Labute approximate surface area is 94.3 Å². The van der Waals surface area contributed by atoms with E-state index in [2.05, 4.69) is 5.32 Å². The molecule has 4 heteroatoms. The Kier molecular flexibility index (Phi) is 3.66. The van der Waals surface area contributed by atoms with Crippen LogP contribution in [0.25, 0.3) is 0 Å². The van der Waals surface area contributed by atoms with E-state index in [-0.39, 0.29) is 11.5 Å². The van der Waals surface area contributed by atoms with Gasteiger partial charge in [0.15, 0.2) is 0 Å². The highest BCUT2D eigenvalue weighted by Gasteiger charge is 2.14. The van der Waals surface area contributed by atoms with Crippen molar-refractivity contribution >= 4 is 17.6 Å². The van der Waals surface area contributed by atoms with Crippen molar-refractivity contribution in [2.24, 2.45) is 0 Å². The summed E-state index contributed by atoms with van der Waals surface area (Å²) in [6.07, 6.45) is 0.326. The second-order valence-electron chi connectivity index (χ2n) is 3.71. The quantitative estimate of drug-likeness (QED) is 0.823. The minimum absolute atomic E-state index is 0.138. The number of aromatic carboxylic acids is 1. The maximum Gasteiger partial charge on any atom is 0.337 e. The van der Waals surface area contributed by atoms with Crippen LogP contribution in [0.3, 0.4) is 0 Å². The summed E-state index contributed by atoms with van der Waals surface area (Å²) < 4.78 is 0. The Balaban J connectivity index is 3.24. The minimum Gasteiger partial charge on any atom is -0.478 e. The van der Waals surface area contributed by atoms with Gasteiger partial charge in [-0.1, -0.05) is 13.0 Å². The van der Waals surface area contributed by atoms with Gasteiger partial charge in [-0.25, -0.2) is 4.79 Å². The number of rotatable bonds is 3. The van der Waals surface area contributed by atoms with E-state index in [9.17, 15) is 9.59 Å². The van der Waals surface area contributed by atoms with Crippen LogP contribution in [-0.4, -0.2) is 17.0 Å². The molecule has 4 nitrogen and oxygen atoms in total. The molecule has 16 heavy (non-hydrogen) atoms. The third kappa shape index (κ3) is 2.59. The number of hydrogen-bond donors (Lipinski definition) is 2. The number of amides is 1. The predicted molar refractivity (Wildman–Crippen MR) is 61.8 cm³/mol. The van der Waals surface area contributed by atoms with Gasteiger partial charge in [0, 0.05) is 6.42 Å². The van der Waals surface area contributed by atoms with Gasteiger partial charge in [0.2, 0.25) is 5.91 Å². The fourth-order valence-corrected chi connectivity index (χ4v) is 1.53. The average Bonchev–Trinajstić information content (AvgIpc) is 2.20. The smallest absolute Gasteiger partial charge is 0.337 e. The van der Waals surface area contributed by atoms with Gasteiger partial charge in [-0.3, -0.25) is 4.79 Å². The standard InChI is InChI=1S/C12H15NO3/c1-4-10(14)13-11-8(3)5-7(2)6-9(11)12(15)16/h5-6H,4H2,1-3H3,(H,13,14)(H,15,16). The van der Waals surface area contributed by atoms with Gasteiger partial charge in [-0.05, 0) is 31.0 Å². The average molecular weight is 221 g/mol. The largest absolute Gasteiger partial charge is 0.478 e. The van der Waals surface area contributed by atoms with Crippen molar-refractivity contribution in [3.8, 4) is 0 Å². The maximum absolute atomic E-state index is 11.3. The summed E-state index contributed by atoms with van der Waals surface area (Å²) in [5.41, 5.74) is 2.16. The summed E-state index contributed by atoms with van der Waals surface area (Å²) in [7, 11) is 0. The number of anilines is 1. The molecule has 0 fully saturated rings. The monoisotopic (exact) mass is 221 g/mol. The maximum atomic E-state index is 11.3. The Bertz CT molecular complexity index is 438.